The Balaban J connectivity index is 2.79. The van der Waals surface area contributed by atoms with Crippen molar-refractivity contribution < 1.29 is 4.79 Å². The molecule has 0 aliphatic heterocycles. The number of anilines is 1. The van der Waals surface area contributed by atoms with Crippen molar-refractivity contribution in [2.45, 2.75) is 11.3 Å². The minimum absolute atomic E-state index is 0.0826. The molecule has 0 aliphatic rings. The highest BCUT2D eigenvalue weighted by atomic mass is 32.2. The Hall–Kier alpha value is -1.47. The monoisotopic (exact) mass is 220 g/mol. The summed E-state index contributed by atoms with van der Waals surface area (Å²) >= 11 is 1.65. The Morgan fingerprint density at radius 3 is 2.53 bits per heavy atom. The molecule has 0 bridgehead atoms. The minimum atomic E-state index is -0.186. The predicted molar refractivity (Wildman–Crippen MR) is 61.9 cm³/mol. The van der Waals surface area contributed by atoms with Crippen LogP contribution in [0.1, 0.15) is 6.42 Å². The summed E-state index contributed by atoms with van der Waals surface area (Å²) in [6.45, 7) is 0. The fourth-order valence-electron chi connectivity index (χ4n) is 1.14. The Morgan fingerprint density at radius 2 is 2.07 bits per heavy atom. The van der Waals surface area contributed by atoms with Gasteiger partial charge in [-0.3, -0.25) is 4.79 Å². The number of rotatable bonds is 3. The summed E-state index contributed by atoms with van der Waals surface area (Å²) in [6.07, 6.45) is 1.92. The van der Waals surface area contributed by atoms with Crippen LogP contribution in [0.15, 0.2) is 29.2 Å². The first-order valence-electron chi connectivity index (χ1n) is 4.46. The largest absolute Gasteiger partial charge is 0.315 e. The summed E-state index contributed by atoms with van der Waals surface area (Å²) in [5, 5.41) is 8.41. The normalized spacial score (nSPS) is 9.40. The van der Waals surface area contributed by atoms with Crippen LogP contribution in [-0.2, 0) is 4.79 Å². The van der Waals surface area contributed by atoms with E-state index in [0.717, 1.165) is 10.6 Å². The van der Waals surface area contributed by atoms with Gasteiger partial charge < -0.3 is 4.90 Å². The number of thioether (sulfide) groups is 1. The first-order valence-corrected chi connectivity index (χ1v) is 5.69. The number of hydrogen-bond acceptors (Lipinski definition) is 3. The van der Waals surface area contributed by atoms with Crippen LogP contribution in [0.25, 0.3) is 0 Å². The Bertz CT molecular complexity index is 381. The van der Waals surface area contributed by atoms with Crippen LogP contribution >= 0.6 is 11.8 Å². The summed E-state index contributed by atoms with van der Waals surface area (Å²) in [7, 11) is 1.67. The quantitative estimate of drug-likeness (QED) is 0.734. The van der Waals surface area contributed by atoms with Gasteiger partial charge in [-0.25, -0.2) is 0 Å². The molecule has 4 heteroatoms. The molecule has 78 valence electrons. The van der Waals surface area contributed by atoms with Crippen molar-refractivity contribution in [1.29, 1.82) is 5.26 Å². The zero-order chi connectivity index (χ0) is 11.3. The van der Waals surface area contributed by atoms with Crippen LogP contribution in [0.2, 0.25) is 0 Å². The second-order valence-electron chi connectivity index (χ2n) is 2.99. The first-order chi connectivity index (χ1) is 7.19. The van der Waals surface area contributed by atoms with Crippen LogP contribution in [0, 0.1) is 11.3 Å². The van der Waals surface area contributed by atoms with Gasteiger partial charge in [-0.15, -0.1) is 11.8 Å². The van der Waals surface area contributed by atoms with E-state index < -0.39 is 0 Å². The summed E-state index contributed by atoms with van der Waals surface area (Å²) in [6, 6.07) is 9.51. The summed E-state index contributed by atoms with van der Waals surface area (Å²) in [5.41, 5.74) is 0.813. The molecule has 0 spiro atoms. The summed E-state index contributed by atoms with van der Waals surface area (Å²) in [4.78, 5) is 14.0. The maximum absolute atomic E-state index is 11.4. The molecule has 0 heterocycles. The first kappa shape index (κ1) is 11.6. The number of carbonyl (C=O) groups is 1. The van der Waals surface area contributed by atoms with Gasteiger partial charge in [-0.05, 0) is 30.5 Å². The van der Waals surface area contributed by atoms with Crippen LogP contribution in [0.3, 0.4) is 0 Å². The molecule has 0 aliphatic carbocycles. The third-order valence-electron chi connectivity index (χ3n) is 2.06. The van der Waals surface area contributed by atoms with E-state index in [2.05, 4.69) is 0 Å². The van der Waals surface area contributed by atoms with Gasteiger partial charge in [0.25, 0.3) is 0 Å². The molecule has 1 amide bonds. The Labute approximate surface area is 93.7 Å². The van der Waals surface area contributed by atoms with Crippen molar-refractivity contribution in [2.24, 2.45) is 0 Å². The van der Waals surface area contributed by atoms with Crippen LogP contribution in [-0.4, -0.2) is 19.2 Å². The molecular weight excluding hydrogens is 208 g/mol. The van der Waals surface area contributed by atoms with Crippen molar-refractivity contribution in [3.05, 3.63) is 24.3 Å². The fraction of sp³-hybridized carbons (Fsp3) is 0.273. The number of hydrogen-bond donors (Lipinski definition) is 0. The van der Waals surface area contributed by atoms with Crippen LogP contribution in [0.5, 0.6) is 0 Å². The molecule has 0 atom stereocenters. The SMILES string of the molecule is CSc1ccc(N(C)C(=O)CC#N)cc1. The van der Waals surface area contributed by atoms with Gasteiger partial charge in [0.2, 0.25) is 5.91 Å². The smallest absolute Gasteiger partial charge is 0.240 e. The van der Waals surface area contributed by atoms with E-state index in [1.54, 1.807) is 18.8 Å². The van der Waals surface area contributed by atoms with Gasteiger partial charge in [0, 0.05) is 17.6 Å². The van der Waals surface area contributed by atoms with Gasteiger partial charge in [-0.2, -0.15) is 5.26 Å². The van der Waals surface area contributed by atoms with Crippen molar-refractivity contribution in [2.75, 3.05) is 18.2 Å². The molecule has 3 nitrogen and oxygen atoms in total. The molecule has 1 aromatic rings. The lowest BCUT2D eigenvalue weighted by Gasteiger charge is -2.15. The van der Waals surface area contributed by atoms with E-state index in [1.165, 1.54) is 4.90 Å². The number of benzene rings is 1. The topological polar surface area (TPSA) is 44.1 Å². The molecule has 0 saturated heterocycles. The van der Waals surface area contributed by atoms with Gasteiger partial charge in [0.15, 0.2) is 0 Å². The molecule has 0 radical (unpaired) electrons. The second kappa shape index (κ2) is 5.42. The predicted octanol–water partition coefficient (Wildman–Crippen LogP) is 2.28. The van der Waals surface area contributed by atoms with Crippen molar-refractivity contribution >= 4 is 23.4 Å². The lowest BCUT2D eigenvalue weighted by Crippen LogP contribution is -2.25. The lowest BCUT2D eigenvalue weighted by molar-refractivity contribution is -0.117. The number of nitriles is 1. The molecule has 1 rings (SSSR count). The Morgan fingerprint density at radius 1 is 1.47 bits per heavy atom. The molecule has 0 aromatic heterocycles. The highest BCUT2D eigenvalue weighted by Crippen LogP contribution is 2.19. The van der Waals surface area contributed by atoms with Crippen molar-refractivity contribution in [3.8, 4) is 6.07 Å². The highest BCUT2D eigenvalue weighted by Gasteiger charge is 2.09. The van der Waals surface area contributed by atoms with Crippen molar-refractivity contribution in [3.63, 3.8) is 0 Å². The highest BCUT2D eigenvalue weighted by molar-refractivity contribution is 7.98. The summed E-state index contributed by atoms with van der Waals surface area (Å²) in [5.74, 6) is -0.186. The van der Waals surface area contributed by atoms with Gasteiger partial charge in [0.05, 0.1) is 6.07 Å². The average molecular weight is 220 g/mol. The van der Waals surface area contributed by atoms with Crippen LogP contribution < -0.4 is 4.90 Å². The van der Waals surface area contributed by atoms with E-state index in [4.69, 9.17) is 5.26 Å². The molecule has 0 saturated carbocycles. The molecular formula is C11H12N2OS. The third-order valence-corrected chi connectivity index (χ3v) is 2.81. The molecule has 1 aromatic carbocycles. The molecule has 0 N–H and O–H groups in total. The van der Waals surface area contributed by atoms with Crippen molar-refractivity contribution in [1.82, 2.24) is 0 Å². The van der Waals surface area contributed by atoms with E-state index >= 15 is 0 Å². The number of amides is 1. The van der Waals surface area contributed by atoms with E-state index in [0.29, 0.717) is 0 Å². The van der Waals surface area contributed by atoms with E-state index in [1.807, 2.05) is 36.6 Å². The zero-order valence-corrected chi connectivity index (χ0v) is 9.54. The zero-order valence-electron chi connectivity index (χ0n) is 8.73. The standard InChI is InChI=1S/C11H12N2OS/c1-13(11(14)7-8-12)9-3-5-10(15-2)6-4-9/h3-6H,7H2,1-2H3. The van der Waals surface area contributed by atoms with Gasteiger partial charge >= 0.3 is 0 Å². The second-order valence-corrected chi connectivity index (χ2v) is 3.87. The minimum Gasteiger partial charge on any atom is -0.315 e. The molecule has 15 heavy (non-hydrogen) atoms. The number of carbonyl (C=O) groups excluding carboxylic acids is 1. The third kappa shape index (κ3) is 3.00. The van der Waals surface area contributed by atoms with E-state index in [9.17, 15) is 4.79 Å². The average Bonchev–Trinajstić information content (AvgIpc) is 2.28. The molecule has 0 fully saturated rings. The summed E-state index contributed by atoms with van der Waals surface area (Å²) < 4.78 is 0. The fourth-order valence-corrected chi connectivity index (χ4v) is 1.54. The van der Waals surface area contributed by atoms with Crippen LogP contribution in [0.4, 0.5) is 5.69 Å². The molecule has 0 unspecified atom stereocenters. The maximum Gasteiger partial charge on any atom is 0.240 e. The Kier molecular flexibility index (Phi) is 4.19. The lowest BCUT2D eigenvalue weighted by atomic mass is 10.3. The van der Waals surface area contributed by atoms with Gasteiger partial charge in [-0.1, -0.05) is 0 Å². The number of nitrogens with zero attached hydrogens (tertiary/aromatic N) is 2. The maximum atomic E-state index is 11.4. The van der Waals surface area contributed by atoms with E-state index in [-0.39, 0.29) is 12.3 Å². The van der Waals surface area contributed by atoms with Gasteiger partial charge in [0.1, 0.15) is 6.42 Å².